The van der Waals surface area contributed by atoms with Gasteiger partial charge in [0.1, 0.15) is 17.9 Å². The van der Waals surface area contributed by atoms with E-state index in [-0.39, 0.29) is 0 Å². The largest absolute Gasteiger partial charge is 0.497 e. The number of pyridine rings is 1. The molecule has 0 radical (unpaired) electrons. The third-order valence-corrected chi connectivity index (χ3v) is 5.23. The molecule has 1 saturated carbocycles. The van der Waals surface area contributed by atoms with Gasteiger partial charge in [0.2, 0.25) is 0 Å². The lowest BCUT2D eigenvalue weighted by Crippen LogP contribution is -2.32. The van der Waals surface area contributed by atoms with E-state index in [4.69, 9.17) is 9.72 Å². The Balaban J connectivity index is 1.54. The molecule has 0 atom stereocenters. The van der Waals surface area contributed by atoms with Crippen molar-refractivity contribution >= 4 is 16.7 Å². The first-order valence-corrected chi connectivity index (χ1v) is 8.83. The monoisotopic (exact) mass is 332 g/mol. The molecule has 2 aromatic heterocycles. The summed E-state index contributed by atoms with van der Waals surface area (Å²) >= 11 is 0. The normalized spacial score (nSPS) is 16.8. The number of aromatic nitrogens is 3. The number of hydrogen-bond acceptors (Lipinski definition) is 5. The predicted molar refractivity (Wildman–Crippen MR) is 97.1 cm³/mol. The molecule has 126 valence electrons. The van der Waals surface area contributed by atoms with E-state index in [0.29, 0.717) is 0 Å². The van der Waals surface area contributed by atoms with Crippen LogP contribution in [0.4, 0.5) is 5.82 Å². The van der Waals surface area contributed by atoms with Gasteiger partial charge in [0.25, 0.3) is 0 Å². The highest BCUT2D eigenvalue weighted by Crippen LogP contribution is 2.40. The van der Waals surface area contributed by atoms with E-state index in [2.05, 4.69) is 27.1 Å². The van der Waals surface area contributed by atoms with Gasteiger partial charge in [0.15, 0.2) is 0 Å². The number of anilines is 1. The lowest BCUT2D eigenvalue weighted by molar-refractivity contribution is 0.415. The zero-order valence-corrected chi connectivity index (χ0v) is 14.3. The average molecular weight is 332 g/mol. The van der Waals surface area contributed by atoms with Crippen molar-refractivity contribution in [2.75, 3.05) is 18.6 Å². The quantitative estimate of drug-likeness (QED) is 0.735. The first kappa shape index (κ1) is 14.6. The highest BCUT2D eigenvalue weighted by Gasteiger charge is 2.26. The standard InChI is InChI=1S/C20H20N4O/c1-25-16-4-5-19-17(9-16)20(23-12-22-19)24-7-6-18-15(11-24)8-14(10-21-18)13-2-3-13/h4-5,8-10,12-13H,2-3,6-7,11H2,1H3. The maximum Gasteiger partial charge on any atom is 0.140 e. The second-order valence-corrected chi connectivity index (χ2v) is 6.90. The Labute approximate surface area is 146 Å². The topological polar surface area (TPSA) is 51.1 Å². The summed E-state index contributed by atoms with van der Waals surface area (Å²) in [5, 5.41) is 1.04. The van der Waals surface area contributed by atoms with Gasteiger partial charge in [-0.2, -0.15) is 0 Å². The van der Waals surface area contributed by atoms with Crippen molar-refractivity contribution in [1.82, 2.24) is 15.0 Å². The van der Waals surface area contributed by atoms with Gasteiger partial charge in [-0.15, -0.1) is 0 Å². The molecule has 0 saturated heterocycles. The number of rotatable bonds is 3. The number of methoxy groups -OCH3 is 1. The number of ether oxygens (including phenoxy) is 1. The molecule has 1 fully saturated rings. The first-order chi connectivity index (χ1) is 12.3. The van der Waals surface area contributed by atoms with Crippen LogP contribution in [0.2, 0.25) is 0 Å². The van der Waals surface area contributed by atoms with Gasteiger partial charge in [-0.1, -0.05) is 6.07 Å². The Bertz CT molecular complexity index is 952. The van der Waals surface area contributed by atoms with Crippen molar-refractivity contribution < 1.29 is 4.74 Å². The SMILES string of the molecule is COc1ccc2ncnc(N3CCc4ncc(C5CC5)cc4C3)c2c1. The van der Waals surface area contributed by atoms with E-state index in [0.717, 1.165) is 47.9 Å². The van der Waals surface area contributed by atoms with E-state index in [9.17, 15) is 0 Å². The first-order valence-electron chi connectivity index (χ1n) is 8.83. The average Bonchev–Trinajstić information content (AvgIpc) is 3.51. The Morgan fingerprint density at radius 1 is 1.12 bits per heavy atom. The third-order valence-electron chi connectivity index (χ3n) is 5.23. The maximum absolute atomic E-state index is 5.39. The molecule has 25 heavy (non-hydrogen) atoms. The second kappa shape index (κ2) is 5.69. The van der Waals surface area contributed by atoms with E-state index in [1.165, 1.54) is 29.7 Å². The molecule has 1 aliphatic carbocycles. The Morgan fingerprint density at radius 3 is 2.88 bits per heavy atom. The van der Waals surface area contributed by atoms with Crippen LogP contribution in [0.3, 0.4) is 0 Å². The number of benzene rings is 1. The smallest absolute Gasteiger partial charge is 0.140 e. The van der Waals surface area contributed by atoms with Gasteiger partial charge >= 0.3 is 0 Å². The molecule has 0 spiro atoms. The molecule has 0 bridgehead atoms. The number of fused-ring (bicyclic) bond motifs is 2. The van der Waals surface area contributed by atoms with Crippen LogP contribution in [0.25, 0.3) is 10.9 Å². The zero-order valence-electron chi connectivity index (χ0n) is 14.3. The fraction of sp³-hybridized carbons (Fsp3) is 0.350. The minimum absolute atomic E-state index is 0.734. The van der Waals surface area contributed by atoms with Gasteiger partial charge in [0.05, 0.1) is 12.6 Å². The lowest BCUT2D eigenvalue weighted by Gasteiger charge is -2.30. The molecule has 1 aromatic carbocycles. The maximum atomic E-state index is 5.39. The molecule has 2 aliphatic rings. The van der Waals surface area contributed by atoms with Crippen molar-refractivity contribution in [1.29, 1.82) is 0 Å². The van der Waals surface area contributed by atoms with E-state index in [1.807, 2.05) is 18.2 Å². The Hall–Kier alpha value is -2.69. The molecule has 0 unspecified atom stereocenters. The molecule has 3 heterocycles. The van der Waals surface area contributed by atoms with Crippen molar-refractivity contribution in [3.8, 4) is 5.75 Å². The van der Waals surface area contributed by atoms with E-state index < -0.39 is 0 Å². The van der Waals surface area contributed by atoms with Crippen LogP contribution in [0.5, 0.6) is 5.75 Å². The molecule has 5 heteroatoms. The van der Waals surface area contributed by atoms with Gasteiger partial charge in [0, 0.05) is 36.8 Å². The summed E-state index contributed by atoms with van der Waals surface area (Å²) in [6.07, 6.45) is 7.30. The number of nitrogens with zero attached hydrogens (tertiary/aromatic N) is 4. The highest BCUT2D eigenvalue weighted by atomic mass is 16.5. The minimum Gasteiger partial charge on any atom is -0.497 e. The van der Waals surface area contributed by atoms with Crippen molar-refractivity contribution in [2.45, 2.75) is 31.7 Å². The summed E-state index contributed by atoms with van der Waals surface area (Å²) in [6, 6.07) is 8.32. The van der Waals surface area contributed by atoms with Crippen LogP contribution in [0.15, 0.2) is 36.8 Å². The summed E-state index contributed by atoms with van der Waals surface area (Å²) in [6.45, 7) is 1.78. The van der Waals surface area contributed by atoms with Crippen molar-refractivity contribution in [3.05, 3.63) is 53.6 Å². The molecule has 5 nitrogen and oxygen atoms in total. The summed E-state index contributed by atoms with van der Waals surface area (Å²) in [5.41, 5.74) is 4.91. The zero-order chi connectivity index (χ0) is 16.8. The van der Waals surface area contributed by atoms with Crippen LogP contribution >= 0.6 is 0 Å². The molecular weight excluding hydrogens is 312 g/mol. The molecule has 0 amide bonds. The molecule has 3 aromatic rings. The summed E-state index contributed by atoms with van der Waals surface area (Å²) in [7, 11) is 1.69. The van der Waals surface area contributed by atoms with Gasteiger partial charge in [-0.05, 0) is 48.1 Å². The molecule has 0 N–H and O–H groups in total. The summed E-state index contributed by atoms with van der Waals surface area (Å²) in [4.78, 5) is 16.0. The predicted octanol–water partition coefficient (Wildman–Crippen LogP) is 3.47. The second-order valence-electron chi connectivity index (χ2n) is 6.90. The fourth-order valence-corrected chi connectivity index (χ4v) is 3.67. The minimum atomic E-state index is 0.734. The van der Waals surface area contributed by atoms with Crippen LogP contribution in [-0.4, -0.2) is 28.6 Å². The fourth-order valence-electron chi connectivity index (χ4n) is 3.67. The molecule has 1 aliphatic heterocycles. The summed E-state index contributed by atoms with van der Waals surface area (Å²) < 4.78 is 5.39. The highest BCUT2D eigenvalue weighted by molar-refractivity contribution is 5.90. The Morgan fingerprint density at radius 2 is 2.04 bits per heavy atom. The molecular formula is C20H20N4O. The van der Waals surface area contributed by atoms with Crippen molar-refractivity contribution in [2.24, 2.45) is 0 Å². The van der Waals surface area contributed by atoms with Crippen LogP contribution in [0, 0.1) is 0 Å². The Kier molecular flexibility index (Phi) is 3.33. The van der Waals surface area contributed by atoms with Crippen LogP contribution < -0.4 is 9.64 Å². The van der Waals surface area contributed by atoms with E-state index >= 15 is 0 Å². The van der Waals surface area contributed by atoms with Gasteiger partial charge in [-0.3, -0.25) is 4.98 Å². The summed E-state index contributed by atoms with van der Waals surface area (Å²) in [5.74, 6) is 2.54. The van der Waals surface area contributed by atoms with Crippen molar-refractivity contribution in [3.63, 3.8) is 0 Å². The van der Waals surface area contributed by atoms with Crippen LogP contribution in [-0.2, 0) is 13.0 Å². The lowest BCUT2D eigenvalue weighted by atomic mass is 10.0. The number of hydrogen-bond donors (Lipinski definition) is 0. The van der Waals surface area contributed by atoms with Gasteiger partial charge in [-0.25, -0.2) is 9.97 Å². The van der Waals surface area contributed by atoms with E-state index in [1.54, 1.807) is 13.4 Å². The molecule has 5 rings (SSSR count). The van der Waals surface area contributed by atoms with Crippen LogP contribution in [0.1, 0.15) is 35.6 Å². The van der Waals surface area contributed by atoms with Gasteiger partial charge < -0.3 is 9.64 Å². The third kappa shape index (κ3) is 2.60.